The quantitative estimate of drug-likeness (QED) is 0.650. The Labute approximate surface area is 185 Å². The van der Waals surface area contributed by atoms with Crippen LogP contribution in [0.2, 0.25) is 0 Å². The number of hydrogen-bond donors (Lipinski definition) is 2. The average Bonchev–Trinajstić information content (AvgIpc) is 3.27. The topological polar surface area (TPSA) is 113 Å². The molecule has 31 heavy (non-hydrogen) atoms. The fourth-order valence-electron chi connectivity index (χ4n) is 4.00. The molecule has 2 aliphatic rings. The van der Waals surface area contributed by atoms with Gasteiger partial charge in [-0.25, -0.2) is 9.59 Å². The molecule has 3 heterocycles. The lowest BCUT2D eigenvalue weighted by Crippen LogP contribution is -2.43. The van der Waals surface area contributed by atoms with Crippen LogP contribution < -0.4 is 4.74 Å². The smallest absolute Gasteiger partial charge is 0.328 e. The number of nitrogens with zero attached hydrogens (tertiary/aromatic N) is 3. The second-order valence-corrected chi connectivity index (χ2v) is 8.64. The molecule has 2 aliphatic heterocycles. The summed E-state index contributed by atoms with van der Waals surface area (Å²) in [7, 11) is 2.25. The number of aryl methyl sites for hydroxylation is 1. The van der Waals surface area contributed by atoms with Crippen LogP contribution in [0.5, 0.6) is 5.19 Å². The molecule has 2 saturated heterocycles. The molecule has 2 unspecified atom stereocenters. The molecule has 0 saturated carbocycles. The van der Waals surface area contributed by atoms with Crippen LogP contribution in [0.3, 0.4) is 0 Å². The normalized spacial score (nSPS) is 22.7. The van der Waals surface area contributed by atoms with Gasteiger partial charge in [-0.2, -0.15) is 0 Å². The van der Waals surface area contributed by atoms with Gasteiger partial charge in [-0.3, -0.25) is 0 Å². The largest absolute Gasteiger partial charge is 0.478 e. The Balaban J connectivity index is 0.000000293. The number of carbonyl (C=O) groups is 2. The van der Waals surface area contributed by atoms with E-state index in [1.54, 1.807) is 11.3 Å². The van der Waals surface area contributed by atoms with Gasteiger partial charge >= 0.3 is 11.9 Å². The third-order valence-electron chi connectivity index (χ3n) is 5.71. The first kappa shape index (κ1) is 22.9. The molecule has 2 aromatic rings. The van der Waals surface area contributed by atoms with Crippen molar-refractivity contribution in [2.45, 2.75) is 57.2 Å². The van der Waals surface area contributed by atoms with Crippen molar-refractivity contribution in [3.63, 3.8) is 0 Å². The molecule has 2 bridgehead atoms. The van der Waals surface area contributed by atoms with E-state index in [2.05, 4.69) is 53.3 Å². The maximum absolute atomic E-state index is 9.55. The molecule has 1 aromatic carbocycles. The van der Waals surface area contributed by atoms with Gasteiger partial charge in [-0.05, 0) is 44.7 Å². The maximum atomic E-state index is 9.55. The molecule has 0 aliphatic carbocycles. The zero-order chi connectivity index (χ0) is 22.4. The molecule has 166 valence electrons. The molecule has 1 aromatic heterocycles. The molecule has 0 amide bonds. The predicted octanol–water partition coefficient (Wildman–Crippen LogP) is 3.48. The van der Waals surface area contributed by atoms with Gasteiger partial charge in [0.1, 0.15) is 6.10 Å². The van der Waals surface area contributed by atoms with Crippen LogP contribution in [0.4, 0.5) is 0 Å². The number of ether oxygens (including phenoxy) is 1. The number of fused-ring (bicyclic) bond motifs is 2. The average molecular weight is 446 g/mol. The van der Waals surface area contributed by atoms with Gasteiger partial charge in [0.25, 0.3) is 5.19 Å². The lowest BCUT2D eigenvalue weighted by molar-refractivity contribution is -0.134. The standard InChI is InChI=1S/C18H23N3OS.C4H4O4/c1-3-12-4-6-13(7-5-12)17-19-20-18(23-17)22-16-10-14-8-9-15(11-16)21(14)2;5-3(6)1-2-4(7)8/h4-7,14-16H,3,8-11H2,1-2H3;1-2H,(H,5,6)(H,7,8)/b;2-1+. The summed E-state index contributed by atoms with van der Waals surface area (Å²) >= 11 is 1.56. The molecular formula is C22H27N3O5S. The zero-order valence-corrected chi connectivity index (χ0v) is 18.4. The highest BCUT2D eigenvalue weighted by atomic mass is 32.1. The molecule has 0 spiro atoms. The lowest BCUT2D eigenvalue weighted by atomic mass is 10.0. The van der Waals surface area contributed by atoms with E-state index in [0.29, 0.717) is 35.5 Å². The maximum Gasteiger partial charge on any atom is 0.328 e. The van der Waals surface area contributed by atoms with Gasteiger partial charge in [-0.15, -0.1) is 5.10 Å². The molecule has 2 fully saturated rings. The first-order valence-corrected chi connectivity index (χ1v) is 11.1. The Hall–Kier alpha value is -2.78. The number of aromatic nitrogens is 2. The van der Waals surface area contributed by atoms with Crippen molar-refractivity contribution in [1.82, 2.24) is 15.1 Å². The Morgan fingerprint density at radius 3 is 2.19 bits per heavy atom. The highest BCUT2D eigenvalue weighted by Gasteiger charge is 2.39. The van der Waals surface area contributed by atoms with Gasteiger partial charge in [-0.1, -0.05) is 47.6 Å². The molecular weight excluding hydrogens is 418 g/mol. The number of benzene rings is 1. The monoisotopic (exact) mass is 445 g/mol. The summed E-state index contributed by atoms with van der Waals surface area (Å²) in [6, 6.07) is 9.94. The van der Waals surface area contributed by atoms with Crippen molar-refractivity contribution < 1.29 is 24.5 Å². The first-order valence-electron chi connectivity index (χ1n) is 10.3. The molecule has 0 radical (unpaired) electrons. The minimum absolute atomic E-state index is 0.298. The van der Waals surface area contributed by atoms with Crippen molar-refractivity contribution >= 4 is 23.3 Å². The third kappa shape index (κ3) is 6.35. The van der Waals surface area contributed by atoms with E-state index in [9.17, 15) is 9.59 Å². The summed E-state index contributed by atoms with van der Waals surface area (Å²) in [4.78, 5) is 21.6. The van der Waals surface area contributed by atoms with Crippen molar-refractivity contribution in [3.05, 3.63) is 42.0 Å². The second kappa shape index (κ2) is 10.5. The van der Waals surface area contributed by atoms with E-state index >= 15 is 0 Å². The van der Waals surface area contributed by atoms with E-state index in [-0.39, 0.29) is 0 Å². The number of aliphatic carboxylic acids is 2. The minimum atomic E-state index is -1.26. The summed E-state index contributed by atoms with van der Waals surface area (Å²) in [5, 5.41) is 25.8. The van der Waals surface area contributed by atoms with Crippen molar-refractivity contribution in [1.29, 1.82) is 0 Å². The van der Waals surface area contributed by atoms with Gasteiger partial charge in [0.05, 0.1) is 0 Å². The van der Waals surface area contributed by atoms with E-state index in [1.807, 2.05) is 0 Å². The lowest BCUT2D eigenvalue weighted by Gasteiger charge is -2.35. The van der Waals surface area contributed by atoms with Crippen LogP contribution in [-0.2, 0) is 16.0 Å². The van der Waals surface area contributed by atoms with Crippen LogP contribution in [0.15, 0.2) is 36.4 Å². The predicted molar refractivity (Wildman–Crippen MR) is 117 cm³/mol. The van der Waals surface area contributed by atoms with Crippen molar-refractivity contribution in [2.75, 3.05) is 7.05 Å². The summed E-state index contributed by atoms with van der Waals surface area (Å²) in [5.41, 5.74) is 2.47. The third-order valence-corrected chi connectivity index (χ3v) is 6.57. The van der Waals surface area contributed by atoms with Crippen LogP contribution in [0, 0.1) is 0 Å². The number of rotatable bonds is 6. The minimum Gasteiger partial charge on any atom is -0.478 e. The number of hydrogen-bond acceptors (Lipinski definition) is 7. The van der Waals surface area contributed by atoms with Crippen molar-refractivity contribution in [2.24, 2.45) is 0 Å². The van der Waals surface area contributed by atoms with Crippen molar-refractivity contribution in [3.8, 4) is 15.8 Å². The van der Waals surface area contributed by atoms with E-state index in [1.165, 1.54) is 18.4 Å². The van der Waals surface area contributed by atoms with Crippen LogP contribution in [0.1, 0.15) is 38.2 Å². The van der Waals surface area contributed by atoms with E-state index in [0.717, 1.165) is 29.8 Å². The van der Waals surface area contributed by atoms with E-state index < -0.39 is 11.9 Å². The van der Waals surface area contributed by atoms with Gasteiger partial charge < -0.3 is 19.8 Å². The Morgan fingerprint density at radius 2 is 1.68 bits per heavy atom. The van der Waals surface area contributed by atoms with Gasteiger partial charge in [0.2, 0.25) is 0 Å². The molecule has 4 rings (SSSR count). The summed E-state index contributed by atoms with van der Waals surface area (Å²) in [6.45, 7) is 2.17. The Morgan fingerprint density at radius 1 is 1.10 bits per heavy atom. The highest BCUT2D eigenvalue weighted by molar-refractivity contribution is 7.16. The van der Waals surface area contributed by atoms with Crippen LogP contribution in [0.25, 0.3) is 10.6 Å². The summed E-state index contributed by atoms with van der Waals surface area (Å²) < 4.78 is 6.15. The highest BCUT2D eigenvalue weighted by Crippen LogP contribution is 2.37. The number of carboxylic acid groups (broad SMARTS) is 2. The van der Waals surface area contributed by atoms with Crippen LogP contribution in [-0.4, -0.2) is 62.5 Å². The Bertz CT molecular complexity index is 897. The van der Waals surface area contributed by atoms with Crippen LogP contribution >= 0.6 is 11.3 Å². The number of carboxylic acids is 2. The summed E-state index contributed by atoms with van der Waals surface area (Å²) in [5.74, 6) is -2.51. The van der Waals surface area contributed by atoms with Gasteiger partial charge in [0.15, 0.2) is 5.01 Å². The first-order chi connectivity index (χ1) is 14.9. The molecule has 8 nitrogen and oxygen atoms in total. The fraction of sp³-hybridized carbons (Fsp3) is 0.455. The van der Waals surface area contributed by atoms with E-state index in [4.69, 9.17) is 14.9 Å². The number of piperidine rings is 1. The Kier molecular flexibility index (Phi) is 7.75. The fourth-order valence-corrected chi connectivity index (χ4v) is 4.77. The molecule has 2 atom stereocenters. The zero-order valence-electron chi connectivity index (χ0n) is 17.6. The second-order valence-electron chi connectivity index (χ2n) is 7.70. The molecule has 2 N–H and O–H groups in total. The molecule has 9 heteroatoms. The summed E-state index contributed by atoms with van der Waals surface area (Å²) in [6.07, 6.45) is 7.33. The SMILES string of the molecule is CCc1ccc(-c2nnc(OC3CC4CCC(C3)N4C)s2)cc1.O=C(O)/C=C/C(=O)O. The van der Waals surface area contributed by atoms with Gasteiger partial charge in [0, 0.05) is 29.8 Å².